The van der Waals surface area contributed by atoms with Crippen LogP contribution in [0.1, 0.15) is 12.5 Å². The molecule has 4 nitrogen and oxygen atoms in total. The number of anilines is 1. The molecule has 2 rings (SSSR count). The van der Waals surface area contributed by atoms with E-state index in [4.69, 9.17) is 38.4 Å². The van der Waals surface area contributed by atoms with Crippen molar-refractivity contribution in [3.05, 3.63) is 52.0 Å². The van der Waals surface area contributed by atoms with Crippen molar-refractivity contribution in [2.75, 3.05) is 12.3 Å². The summed E-state index contributed by atoms with van der Waals surface area (Å²) in [6, 6.07) is 10.1. The number of carbonyl (C=O) groups is 1. The molecule has 0 aliphatic carbocycles. The van der Waals surface area contributed by atoms with Gasteiger partial charge in [0, 0.05) is 5.02 Å². The molecule has 2 N–H and O–H groups in total. The van der Waals surface area contributed by atoms with Crippen LogP contribution in [0.5, 0.6) is 11.5 Å². The Morgan fingerprint density at radius 3 is 2.64 bits per heavy atom. The molecule has 6 heteroatoms. The van der Waals surface area contributed by atoms with Gasteiger partial charge in [-0.2, -0.15) is 0 Å². The van der Waals surface area contributed by atoms with E-state index in [2.05, 4.69) is 0 Å². The van der Waals surface area contributed by atoms with Crippen molar-refractivity contribution < 1.29 is 14.3 Å². The number of esters is 1. The van der Waals surface area contributed by atoms with Crippen LogP contribution in [0.25, 0.3) is 0 Å². The summed E-state index contributed by atoms with van der Waals surface area (Å²) in [6.07, 6.45) is 0.0885. The van der Waals surface area contributed by atoms with E-state index in [0.29, 0.717) is 39.4 Å². The smallest absolute Gasteiger partial charge is 0.310 e. The van der Waals surface area contributed by atoms with E-state index < -0.39 is 0 Å². The number of para-hydroxylation sites is 1. The second-order valence-electron chi connectivity index (χ2n) is 4.49. The molecule has 0 saturated carbocycles. The van der Waals surface area contributed by atoms with Gasteiger partial charge in [0.1, 0.15) is 5.75 Å². The molecule has 2 aromatic rings. The molecule has 0 aliphatic rings. The Bertz CT molecular complexity index is 689. The van der Waals surface area contributed by atoms with Gasteiger partial charge in [-0.15, -0.1) is 0 Å². The van der Waals surface area contributed by atoms with Crippen molar-refractivity contribution in [2.24, 2.45) is 0 Å². The molecule has 0 atom stereocenters. The predicted molar refractivity (Wildman–Crippen MR) is 87.7 cm³/mol. The Hall–Kier alpha value is -1.91. The van der Waals surface area contributed by atoms with Crippen LogP contribution in [0.3, 0.4) is 0 Å². The van der Waals surface area contributed by atoms with Crippen molar-refractivity contribution >= 4 is 34.9 Å². The first-order chi connectivity index (χ1) is 10.5. The van der Waals surface area contributed by atoms with Crippen LogP contribution in [0.15, 0.2) is 36.4 Å². The maximum absolute atomic E-state index is 11.6. The van der Waals surface area contributed by atoms with Gasteiger partial charge in [0.05, 0.1) is 23.7 Å². The predicted octanol–water partition coefficient (Wildman–Crippen LogP) is 4.47. The van der Waals surface area contributed by atoms with Gasteiger partial charge in [-0.3, -0.25) is 4.79 Å². The second kappa shape index (κ2) is 7.38. The molecule has 0 amide bonds. The molecule has 0 saturated heterocycles. The average Bonchev–Trinajstić information content (AvgIpc) is 2.46. The monoisotopic (exact) mass is 339 g/mol. The van der Waals surface area contributed by atoms with Gasteiger partial charge in [-0.1, -0.05) is 35.3 Å². The maximum Gasteiger partial charge on any atom is 0.310 e. The van der Waals surface area contributed by atoms with Crippen molar-refractivity contribution in [3.8, 4) is 11.5 Å². The van der Waals surface area contributed by atoms with Crippen LogP contribution in [-0.4, -0.2) is 12.6 Å². The fraction of sp³-hybridized carbons (Fsp3) is 0.188. The standard InChI is InChI=1S/C16H15Cl2NO3/c1-2-21-15(20)8-10-4-3-5-14(16(10)19)22-13-7-6-11(17)9-12(13)18/h3-7,9H,2,8,19H2,1H3. The van der Waals surface area contributed by atoms with Crippen molar-refractivity contribution in [1.29, 1.82) is 0 Å². The van der Waals surface area contributed by atoms with Gasteiger partial charge >= 0.3 is 5.97 Å². The summed E-state index contributed by atoms with van der Waals surface area (Å²) in [5.41, 5.74) is 7.07. The number of carbonyl (C=O) groups excluding carboxylic acids is 1. The van der Waals surface area contributed by atoms with E-state index in [1.807, 2.05) is 0 Å². The van der Waals surface area contributed by atoms with Crippen molar-refractivity contribution in [3.63, 3.8) is 0 Å². The fourth-order valence-corrected chi connectivity index (χ4v) is 2.32. The highest BCUT2D eigenvalue weighted by molar-refractivity contribution is 6.35. The zero-order valence-electron chi connectivity index (χ0n) is 11.9. The number of rotatable bonds is 5. The molecule has 0 unspecified atom stereocenters. The third-order valence-corrected chi connectivity index (χ3v) is 3.44. The molecule has 0 aliphatic heterocycles. The third kappa shape index (κ3) is 4.06. The molecule has 0 bridgehead atoms. The molecule has 0 spiro atoms. The Morgan fingerprint density at radius 2 is 1.95 bits per heavy atom. The number of hydrogen-bond donors (Lipinski definition) is 1. The first-order valence-corrected chi connectivity index (χ1v) is 7.42. The van der Waals surface area contributed by atoms with E-state index in [9.17, 15) is 4.79 Å². The number of nitrogen functional groups attached to an aromatic ring is 1. The van der Waals surface area contributed by atoms with Crippen LogP contribution in [0.2, 0.25) is 10.0 Å². The van der Waals surface area contributed by atoms with Gasteiger partial charge in [0.25, 0.3) is 0 Å². The maximum atomic E-state index is 11.6. The minimum absolute atomic E-state index is 0.0885. The SMILES string of the molecule is CCOC(=O)Cc1cccc(Oc2ccc(Cl)cc2Cl)c1N. The van der Waals surface area contributed by atoms with Gasteiger partial charge in [0.15, 0.2) is 5.75 Å². The molecule has 22 heavy (non-hydrogen) atoms. The van der Waals surface area contributed by atoms with E-state index in [1.54, 1.807) is 43.3 Å². The summed E-state index contributed by atoms with van der Waals surface area (Å²) >= 11 is 11.9. The number of nitrogens with two attached hydrogens (primary N) is 1. The van der Waals surface area contributed by atoms with E-state index in [-0.39, 0.29) is 12.4 Å². The van der Waals surface area contributed by atoms with E-state index in [1.165, 1.54) is 0 Å². The topological polar surface area (TPSA) is 61.5 Å². The molecule has 2 aromatic carbocycles. The third-order valence-electron chi connectivity index (χ3n) is 2.91. The number of benzene rings is 2. The molecule has 0 radical (unpaired) electrons. The molecule has 116 valence electrons. The van der Waals surface area contributed by atoms with Crippen LogP contribution >= 0.6 is 23.2 Å². The van der Waals surface area contributed by atoms with Gasteiger partial charge < -0.3 is 15.2 Å². The van der Waals surface area contributed by atoms with Gasteiger partial charge in [-0.25, -0.2) is 0 Å². The van der Waals surface area contributed by atoms with E-state index >= 15 is 0 Å². The van der Waals surface area contributed by atoms with Crippen molar-refractivity contribution in [2.45, 2.75) is 13.3 Å². The zero-order valence-corrected chi connectivity index (χ0v) is 13.4. The Morgan fingerprint density at radius 1 is 1.18 bits per heavy atom. The lowest BCUT2D eigenvalue weighted by Gasteiger charge is -2.13. The first-order valence-electron chi connectivity index (χ1n) is 6.67. The molecule has 0 heterocycles. The second-order valence-corrected chi connectivity index (χ2v) is 5.33. The van der Waals surface area contributed by atoms with Gasteiger partial charge in [-0.05, 0) is 36.8 Å². The van der Waals surface area contributed by atoms with Crippen LogP contribution in [0, 0.1) is 0 Å². The molecular formula is C16H15Cl2NO3. The lowest BCUT2D eigenvalue weighted by molar-refractivity contribution is -0.142. The number of hydrogen-bond acceptors (Lipinski definition) is 4. The average molecular weight is 340 g/mol. The highest BCUT2D eigenvalue weighted by Crippen LogP contribution is 2.35. The largest absolute Gasteiger partial charge is 0.466 e. The van der Waals surface area contributed by atoms with Crippen LogP contribution in [0.4, 0.5) is 5.69 Å². The summed E-state index contributed by atoms with van der Waals surface area (Å²) in [7, 11) is 0. The zero-order chi connectivity index (χ0) is 16.1. The highest BCUT2D eigenvalue weighted by atomic mass is 35.5. The number of halogens is 2. The quantitative estimate of drug-likeness (QED) is 0.644. The Labute approximate surface area is 138 Å². The lowest BCUT2D eigenvalue weighted by Crippen LogP contribution is -2.09. The summed E-state index contributed by atoms with van der Waals surface area (Å²) in [4.78, 5) is 11.6. The van der Waals surface area contributed by atoms with Gasteiger partial charge in [0.2, 0.25) is 0 Å². The summed E-state index contributed by atoms with van der Waals surface area (Å²) in [5, 5.41) is 0.893. The minimum Gasteiger partial charge on any atom is -0.466 e. The summed E-state index contributed by atoms with van der Waals surface area (Å²) in [5.74, 6) is 0.521. The van der Waals surface area contributed by atoms with Crippen molar-refractivity contribution in [1.82, 2.24) is 0 Å². The Balaban J connectivity index is 2.23. The summed E-state index contributed by atoms with van der Waals surface area (Å²) < 4.78 is 10.6. The fourth-order valence-electron chi connectivity index (χ4n) is 1.88. The first kappa shape index (κ1) is 16.5. The minimum atomic E-state index is -0.337. The molecule has 0 aromatic heterocycles. The highest BCUT2D eigenvalue weighted by Gasteiger charge is 2.12. The summed E-state index contributed by atoms with van der Waals surface area (Å²) in [6.45, 7) is 2.08. The number of ether oxygens (including phenoxy) is 2. The van der Waals surface area contributed by atoms with Crippen LogP contribution < -0.4 is 10.5 Å². The normalized spacial score (nSPS) is 10.3. The molecular weight excluding hydrogens is 325 g/mol. The van der Waals surface area contributed by atoms with E-state index in [0.717, 1.165) is 0 Å². The molecule has 0 fully saturated rings. The van der Waals surface area contributed by atoms with Crippen LogP contribution in [-0.2, 0) is 16.0 Å². The lowest BCUT2D eigenvalue weighted by atomic mass is 10.1. The Kier molecular flexibility index (Phi) is 5.52.